The minimum absolute atomic E-state index is 0.00719. The Morgan fingerprint density at radius 3 is 2.55 bits per heavy atom. The van der Waals surface area contributed by atoms with Crippen LogP contribution >= 0.6 is 23.2 Å². The summed E-state index contributed by atoms with van der Waals surface area (Å²) in [6, 6.07) is 0. The van der Waals surface area contributed by atoms with Gasteiger partial charge in [-0.1, -0.05) is 42.5 Å². The Morgan fingerprint density at radius 2 is 1.95 bits per heavy atom. The van der Waals surface area contributed by atoms with E-state index in [0.717, 1.165) is 25.7 Å². The maximum Gasteiger partial charge on any atom is 0.304 e. The molecule has 6 nitrogen and oxygen atoms in total. The van der Waals surface area contributed by atoms with Crippen molar-refractivity contribution in [2.24, 2.45) is 0 Å². The van der Waals surface area contributed by atoms with E-state index < -0.39 is 5.97 Å². The molecule has 0 unspecified atom stereocenters. The Labute approximate surface area is 139 Å². The van der Waals surface area contributed by atoms with Gasteiger partial charge in [0, 0.05) is 12.5 Å². The third kappa shape index (κ3) is 3.93. The topological polar surface area (TPSA) is 73.2 Å². The SMILES string of the molecule is CC(=O)OCn1c(C(=O)NC2(C)CCCCC2)nc(Cl)c1Cl. The van der Waals surface area contributed by atoms with Crippen molar-refractivity contribution < 1.29 is 14.3 Å². The average molecular weight is 348 g/mol. The van der Waals surface area contributed by atoms with Crippen molar-refractivity contribution in [2.75, 3.05) is 0 Å². The van der Waals surface area contributed by atoms with E-state index >= 15 is 0 Å². The van der Waals surface area contributed by atoms with Gasteiger partial charge in [-0.15, -0.1) is 0 Å². The molecular formula is C14H19Cl2N3O3. The zero-order valence-corrected chi connectivity index (χ0v) is 14.1. The van der Waals surface area contributed by atoms with Crippen LogP contribution in [0.1, 0.15) is 56.6 Å². The zero-order valence-electron chi connectivity index (χ0n) is 12.6. The maximum atomic E-state index is 12.5. The largest absolute Gasteiger partial charge is 0.444 e. The molecule has 1 saturated carbocycles. The number of carbonyl (C=O) groups excluding carboxylic acids is 2. The van der Waals surface area contributed by atoms with Crippen molar-refractivity contribution >= 4 is 35.1 Å². The molecule has 0 radical (unpaired) electrons. The minimum Gasteiger partial charge on any atom is -0.444 e. The first kappa shape index (κ1) is 17.1. The molecule has 0 saturated heterocycles. The molecule has 8 heteroatoms. The standard InChI is InChI=1S/C14H19Cl2N3O3/c1-9(20)22-8-19-11(16)10(15)17-12(19)13(21)18-14(2)6-4-3-5-7-14/h3-8H2,1-2H3,(H,18,21). The van der Waals surface area contributed by atoms with Crippen LogP contribution in [-0.2, 0) is 16.3 Å². The highest BCUT2D eigenvalue weighted by Crippen LogP contribution is 2.29. The predicted molar refractivity (Wildman–Crippen MR) is 83.0 cm³/mol. The number of aromatic nitrogens is 2. The first-order chi connectivity index (χ1) is 10.3. The number of halogens is 2. The lowest BCUT2D eigenvalue weighted by molar-refractivity contribution is -0.144. The van der Waals surface area contributed by atoms with Gasteiger partial charge < -0.3 is 10.1 Å². The van der Waals surface area contributed by atoms with Gasteiger partial charge in [-0.25, -0.2) is 4.98 Å². The summed E-state index contributed by atoms with van der Waals surface area (Å²) in [5.41, 5.74) is -0.257. The van der Waals surface area contributed by atoms with E-state index in [2.05, 4.69) is 10.3 Å². The average Bonchev–Trinajstić information content (AvgIpc) is 2.73. The van der Waals surface area contributed by atoms with E-state index in [1.54, 1.807) is 0 Å². The molecule has 0 spiro atoms. The van der Waals surface area contributed by atoms with Crippen LogP contribution in [0.25, 0.3) is 0 Å². The van der Waals surface area contributed by atoms with Crippen LogP contribution in [0, 0.1) is 0 Å². The lowest BCUT2D eigenvalue weighted by Crippen LogP contribution is -2.48. The lowest BCUT2D eigenvalue weighted by atomic mass is 9.83. The lowest BCUT2D eigenvalue weighted by Gasteiger charge is -2.34. The summed E-state index contributed by atoms with van der Waals surface area (Å²) in [6.07, 6.45) is 5.19. The van der Waals surface area contributed by atoms with Gasteiger partial charge in [0.2, 0.25) is 5.82 Å². The molecule has 1 N–H and O–H groups in total. The Balaban J connectivity index is 2.18. The van der Waals surface area contributed by atoms with Crippen molar-refractivity contribution in [3.05, 3.63) is 16.1 Å². The number of amides is 1. The molecule has 1 aliphatic rings. The highest BCUT2D eigenvalue weighted by molar-refractivity contribution is 6.40. The fourth-order valence-corrected chi connectivity index (χ4v) is 2.99. The van der Waals surface area contributed by atoms with E-state index in [0.29, 0.717) is 0 Å². The van der Waals surface area contributed by atoms with E-state index in [1.807, 2.05) is 6.92 Å². The van der Waals surface area contributed by atoms with Crippen LogP contribution in [0.5, 0.6) is 0 Å². The Hall–Kier alpha value is -1.27. The number of hydrogen-bond acceptors (Lipinski definition) is 4. The van der Waals surface area contributed by atoms with Gasteiger partial charge in [-0.2, -0.15) is 0 Å². The third-order valence-corrected chi connectivity index (χ3v) is 4.58. The second-order valence-electron chi connectivity index (χ2n) is 5.79. The molecule has 1 heterocycles. The molecule has 1 fully saturated rings. The molecule has 0 aromatic carbocycles. The van der Waals surface area contributed by atoms with Gasteiger partial charge in [0.05, 0.1) is 0 Å². The zero-order chi connectivity index (χ0) is 16.3. The molecule has 1 aromatic rings. The summed E-state index contributed by atoms with van der Waals surface area (Å²) in [5.74, 6) is -0.806. The molecule has 1 amide bonds. The highest BCUT2D eigenvalue weighted by atomic mass is 35.5. The van der Waals surface area contributed by atoms with Crippen LogP contribution < -0.4 is 5.32 Å². The Bertz CT molecular complexity index is 580. The van der Waals surface area contributed by atoms with Gasteiger partial charge >= 0.3 is 5.97 Å². The Kier molecular flexibility index (Phi) is 5.34. The van der Waals surface area contributed by atoms with Crippen LogP contribution in [0.4, 0.5) is 0 Å². The van der Waals surface area contributed by atoms with Gasteiger partial charge in [0.1, 0.15) is 0 Å². The van der Waals surface area contributed by atoms with Crippen LogP contribution in [0.2, 0.25) is 10.3 Å². The van der Waals surface area contributed by atoms with Crippen LogP contribution in [0.15, 0.2) is 0 Å². The summed E-state index contributed by atoms with van der Waals surface area (Å²) in [4.78, 5) is 27.4. The minimum atomic E-state index is -0.480. The molecule has 0 atom stereocenters. The number of ether oxygens (including phenoxy) is 1. The van der Waals surface area contributed by atoms with E-state index in [4.69, 9.17) is 27.9 Å². The summed E-state index contributed by atoms with van der Waals surface area (Å²) in [7, 11) is 0. The third-order valence-electron chi connectivity index (χ3n) is 3.84. The normalized spacial score (nSPS) is 17.1. The molecular weight excluding hydrogens is 329 g/mol. The highest BCUT2D eigenvalue weighted by Gasteiger charge is 2.31. The van der Waals surface area contributed by atoms with Gasteiger partial charge in [-0.05, 0) is 19.8 Å². The smallest absolute Gasteiger partial charge is 0.304 e. The van der Waals surface area contributed by atoms with Crippen LogP contribution in [0.3, 0.4) is 0 Å². The number of esters is 1. The molecule has 0 aliphatic heterocycles. The molecule has 0 bridgehead atoms. The van der Waals surface area contributed by atoms with Gasteiger partial charge in [-0.3, -0.25) is 14.2 Å². The summed E-state index contributed by atoms with van der Waals surface area (Å²) in [6.45, 7) is 3.09. The number of nitrogens with one attached hydrogen (secondary N) is 1. The van der Waals surface area contributed by atoms with E-state index in [9.17, 15) is 9.59 Å². The second-order valence-corrected chi connectivity index (χ2v) is 6.50. The first-order valence-electron chi connectivity index (χ1n) is 7.20. The molecule has 1 aliphatic carbocycles. The quantitative estimate of drug-likeness (QED) is 0.849. The number of hydrogen-bond donors (Lipinski definition) is 1. The molecule has 2 rings (SSSR count). The fourth-order valence-electron chi connectivity index (χ4n) is 2.64. The van der Waals surface area contributed by atoms with Crippen LogP contribution in [-0.4, -0.2) is 27.0 Å². The van der Waals surface area contributed by atoms with Gasteiger partial charge in [0.25, 0.3) is 5.91 Å². The number of rotatable bonds is 4. The van der Waals surface area contributed by atoms with E-state index in [1.165, 1.54) is 17.9 Å². The summed E-state index contributed by atoms with van der Waals surface area (Å²) in [5, 5.41) is 3.08. The van der Waals surface area contributed by atoms with Crippen molar-refractivity contribution in [1.82, 2.24) is 14.9 Å². The number of carbonyl (C=O) groups is 2. The predicted octanol–water partition coefficient (Wildman–Crippen LogP) is 3.16. The number of imidazole rings is 1. The first-order valence-corrected chi connectivity index (χ1v) is 7.95. The van der Waals surface area contributed by atoms with Crippen molar-refractivity contribution in [3.8, 4) is 0 Å². The second kappa shape index (κ2) is 6.87. The van der Waals surface area contributed by atoms with Crippen molar-refractivity contribution in [3.63, 3.8) is 0 Å². The number of nitrogens with zero attached hydrogens (tertiary/aromatic N) is 2. The molecule has 122 valence electrons. The Morgan fingerprint density at radius 1 is 1.32 bits per heavy atom. The van der Waals surface area contributed by atoms with Crippen molar-refractivity contribution in [2.45, 2.75) is 58.2 Å². The molecule has 1 aromatic heterocycles. The van der Waals surface area contributed by atoms with E-state index in [-0.39, 0.29) is 34.3 Å². The molecule has 22 heavy (non-hydrogen) atoms. The maximum absolute atomic E-state index is 12.5. The van der Waals surface area contributed by atoms with Gasteiger partial charge in [0.15, 0.2) is 17.0 Å². The monoisotopic (exact) mass is 347 g/mol. The summed E-state index contributed by atoms with van der Waals surface area (Å²) < 4.78 is 6.17. The summed E-state index contributed by atoms with van der Waals surface area (Å²) >= 11 is 11.9. The fraction of sp³-hybridized carbons (Fsp3) is 0.643. The van der Waals surface area contributed by atoms with Crippen molar-refractivity contribution in [1.29, 1.82) is 0 Å².